The molecule has 0 radical (unpaired) electrons. The van der Waals surface area contributed by atoms with Crippen molar-refractivity contribution in [1.82, 2.24) is 15.5 Å². The molecule has 1 atom stereocenters. The van der Waals surface area contributed by atoms with Crippen molar-refractivity contribution in [3.8, 4) is 0 Å². The summed E-state index contributed by atoms with van der Waals surface area (Å²) in [5.41, 5.74) is 1.59. The quantitative estimate of drug-likeness (QED) is 0.383. The number of nitrogens with zero attached hydrogens (tertiary/aromatic N) is 2. The van der Waals surface area contributed by atoms with Gasteiger partial charge in [-0.15, -0.1) is 24.0 Å². The maximum Gasteiger partial charge on any atom is 0.191 e. The number of halogens is 2. The van der Waals surface area contributed by atoms with Crippen molar-refractivity contribution in [2.24, 2.45) is 4.99 Å². The van der Waals surface area contributed by atoms with Crippen molar-refractivity contribution in [1.29, 1.82) is 0 Å². The van der Waals surface area contributed by atoms with Gasteiger partial charge in [-0.25, -0.2) is 4.39 Å². The van der Waals surface area contributed by atoms with Gasteiger partial charge in [-0.2, -0.15) is 0 Å². The minimum atomic E-state index is -0.165. The minimum absolute atomic E-state index is 0. The van der Waals surface area contributed by atoms with Gasteiger partial charge in [0, 0.05) is 26.2 Å². The Hall–Kier alpha value is -0.890. The average Bonchev–Trinajstić information content (AvgIpc) is 3.10. The van der Waals surface area contributed by atoms with Gasteiger partial charge in [-0.1, -0.05) is 25.0 Å². The maximum absolute atomic E-state index is 13.7. The standard InChI is InChI=1S/C19H31FN4.HI/c1-14-9-10-16(13-18(14)20)15(2)23-19(21-3)22-11-12-24(4)17-7-5-6-8-17;/h9-10,13,15,17H,5-8,11-12H2,1-4H3,(H2,21,22,23);1H. The molecule has 1 aliphatic carbocycles. The van der Waals surface area contributed by atoms with Crippen LogP contribution in [0.4, 0.5) is 4.39 Å². The molecule has 2 N–H and O–H groups in total. The summed E-state index contributed by atoms with van der Waals surface area (Å²) in [5, 5.41) is 6.68. The van der Waals surface area contributed by atoms with Crippen molar-refractivity contribution in [3.63, 3.8) is 0 Å². The average molecular weight is 462 g/mol. The SMILES string of the molecule is CN=C(NCCN(C)C1CCCC1)NC(C)c1ccc(C)c(F)c1.I. The number of guanidine groups is 1. The van der Waals surface area contributed by atoms with Crippen LogP contribution in [0.1, 0.15) is 49.8 Å². The summed E-state index contributed by atoms with van der Waals surface area (Å²) < 4.78 is 13.7. The largest absolute Gasteiger partial charge is 0.355 e. The highest BCUT2D eigenvalue weighted by Gasteiger charge is 2.19. The second-order valence-electron chi connectivity index (χ2n) is 6.79. The van der Waals surface area contributed by atoms with E-state index in [0.29, 0.717) is 5.56 Å². The molecule has 1 unspecified atom stereocenters. The monoisotopic (exact) mass is 462 g/mol. The fourth-order valence-corrected chi connectivity index (χ4v) is 3.24. The summed E-state index contributed by atoms with van der Waals surface area (Å²) in [5.74, 6) is 0.589. The molecule has 6 heteroatoms. The second kappa shape index (κ2) is 11.0. The molecule has 0 aliphatic heterocycles. The smallest absolute Gasteiger partial charge is 0.191 e. The van der Waals surface area contributed by atoms with Crippen LogP contribution in [0, 0.1) is 12.7 Å². The van der Waals surface area contributed by atoms with Gasteiger partial charge in [-0.05, 0) is 50.9 Å². The molecule has 0 saturated heterocycles. The number of hydrogen-bond acceptors (Lipinski definition) is 2. The van der Waals surface area contributed by atoms with E-state index >= 15 is 0 Å². The van der Waals surface area contributed by atoms with E-state index < -0.39 is 0 Å². The lowest BCUT2D eigenvalue weighted by Crippen LogP contribution is -2.43. The summed E-state index contributed by atoms with van der Waals surface area (Å²) >= 11 is 0. The Morgan fingerprint density at radius 1 is 1.36 bits per heavy atom. The van der Waals surface area contributed by atoms with Gasteiger partial charge in [-0.3, -0.25) is 4.99 Å². The molecule has 0 amide bonds. The fraction of sp³-hybridized carbons (Fsp3) is 0.632. The summed E-state index contributed by atoms with van der Waals surface area (Å²) in [4.78, 5) is 6.71. The number of nitrogens with one attached hydrogen (secondary N) is 2. The van der Waals surface area contributed by atoms with Crippen LogP contribution in [0.3, 0.4) is 0 Å². The first kappa shape index (κ1) is 22.2. The minimum Gasteiger partial charge on any atom is -0.355 e. The highest BCUT2D eigenvalue weighted by Crippen LogP contribution is 2.21. The molecule has 1 saturated carbocycles. The van der Waals surface area contributed by atoms with Gasteiger partial charge in [0.05, 0.1) is 6.04 Å². The molecule has 0 heterocycles. The van der Waals surface area contributed by atoms with Gasteiger partial charge in [0.15, 0.2) is 5.96 Å². The number of aliphatic imine (C=N–C) groups is 1. The van der Waals surface area contributed by atoms with Crippen molar-refractivity contribution in [2.75, 3.05) is 27.2 Å². The lowest BCUT2D eigenvalue weighted by Gasteiger charge is -2.25. The zero-order chi connectivity index (χ0) is 17.5. The maximum atomic E-state index is 13.7. The molecule has 25 heavy (non-hydrogen) atoms. The predicted octanol–water partition coefficient (Wildman–Crippen LogP) is 3.85. The Morgan fingerprint density at radius 2 is 2.04 bits per heavy atom. The van der Waals surface area contributed by atoms with E-state index in [4.69, 9.17) is 0 Å². The van der Waals surface area contributed by atoms with Crippen LogP contribution >= 0.6 is 24.0 Å². The lowest BCUT2D eigenvalue weighted by atomic mass is 10.1. The van der Waals surface area contributed by atoms with Gasteiger partial charge in [0.25, 0.3) is 0 Å². The molecule has 2 rings (SSSR count). The molecule has 0 bridgehead atoms. The topological polar surface area (TPSA) is 39.7 Å². The number of likely N-dealkylation sites (N-methyl/N-ethyl adjacent to an activating group) is 1. The normalized spacial score (nSPS) is 16.6. The van der Waals surface area contributed by atoms with E-state index in [0.717, 1.165) is 30.7 Å². The molecule has 0 spiro atoms. The van der Waals surface area contributed by atoms with E-state index in [1.165, 1.54) is 25.7 Å². The Balaban J connectivity index is 0.00000312. The number of hydrogen-bond donors (Lipinski definition) is 2. The van der Waals surface area contributed by atoms with E-state index in [9.17, 15) is 4.39 Å². The predicted molar refractivity (Wildman–Crippen MR) is 114 cm³/mol. The van der Waals surface area contributed by atoms with Crippen LogP contribution in [0.2, 0.25) is 0 Å². The van der Waals surface area contributed by atoms with Gasteiger partial charge >= 0.3 is 0 Å². The molecule has 0 aromatic heterocycles. The van der Waals surface area contributed by atoms with E-state index in [2.05, 4.69) is 27.6 Å². The molecule has 4 nitrogen and oxygen atoms in total. The van der Waals surface area contributed by atoms with Gasteiger partial charge in [0.1, 0.15) is 5.82 Å². The zero-order valence-electron chi connectivity index (χ0n) is 15.8. The van der Waals surface area contributed by atoms with Crippen molar-refractivity contribution in [3.05, 3.63) is 35.1 Å². The summed E-state index contributed by atoms with van der Waals surface area (Å²) in [6.07, 6.45) is 5.35. The first-order chi connectivity index (χ1) is 11.5. The molecular formula is C19H32FIN4. The molecule has 1 fully saturated rings. The molecule has 142 valence electrons. The molecular weight excluding hydrogens is 430 g/mol. The molecule has 1 aromatic carbocycles. The van der Waals surface area contributed by atoms with Crippen LogP contribution < -0.4 is 10.6 Å². The first-order valence-electron chi connectivity index (χ1n) is 8.94. The van der Waals surface area contributed by atoms with Gasteiger partial charge in [0.2, 0.25) is 0 Å². The number of aryl methyl sites for hydroxylation is 1. The second-order valence-corrected chi connectivity index (χ2v) is 6.79. The Morgan fingerprint density at radius 3 is 2.64 bits per heavy atom. The van der Waals surface area contributed by atoms with Crippen molar-refractivity contribution in [2.45, 2.75) is 51.6 Å². The Kier molecular flexibility index (Phi) is 9.71. The third kappa shape index (κ3) is 6.73. The lowest BCUT2D eigenvalue weighted by molar-refractivity contribution is 0.249. The third-order valence-electron chi connectivity index (χ3n) is 4.98. The summed E-state index contributed by atoms with van der Waals surface area (Å²) in [6, 6.07) is 6.09. The third-order valence-corrected chi connectivity index (χ3v) is 4.98. The van der Waals surface area contributed by atoms with E-state index in [1.807, 2.05) is 19.1 Å². The summed E-state index contributed by atoms with van der Waals surface area (Å²) in [6.45, 7) is 5.64. The highest BCUT2D eigenvalue weighted by molar-refractivity contribution is 14.0. The molecule has 1 aromatic rings. The van der Waals surface area contributed by atoms with E-state index in [-0.39, 0.29) is 35.8 Å². The van der Waals surface area contributed by atoms with Gasteiger partial charge < -0.3 is 15.5 Å². The molecule has 1 aliphatic rings. The van der Waals surface area contributed by atoms with Crippen molar-refractivity contribution < 1.29 is 4.39 Å². The zero-order valence-corrected chi connectivity index (χ0v) is 18.1. The highest BCUT2D eigenvalue weighted by atomic mass is 127. The number of rotatable bonds is 6. The van der Waals surface area contributed by atoms with Crippen LogP contribution in [0.15, 0.2) is 23.2 Å². The fourth-order valence-electron chi connectivity index (χ4n) is 3.24. The Bertz CT molecular complexity index is 558. The van der Waals surface area contributed by atoms with Crippen LogP contribution in [0.25, 0.3) is 0 Å². The van der Waals surface area contributed by atoms with Crippen molar-refractivity contribution >= 4 is 29.9 Å². The first-order valence-corrected chi connectivity index (χ1v) is 8.94. The number of benzene rings is 1. The van der Waals surface area contributed by atoms with Crippen LogP contribution in [-0.4, -0.2) is 44.1 Å². The van der Waals surface area contributed by atoms with Crippen LogP contribution in [-0.2, 0) is 0 Å². The Labute approximate surface area is 168 Å². The summed E-state index contributed by atoms with van der Waals surface area (Å²) in [7, 11) is 3.96. The van der Waals surface area contributed by atoms with Crippen LogP contribution in [0.5, 0.6) is 0 Å². The van der Waals surface area contributed by atoms with E-state index in [1.54, 1.807) is 20.0 Å².